The van der Waals surface area contributed by atoms with E-state index in [1.54, 1.807) is 11.3 Å². The third-order valence-corrected chi connectivity index (χ3v) is 8.45. The average Bonchev–Trinajstić information content (AvgIpc) is 3.20. The predicted molar refractivity (Wildman–Crippen MR) is 113 cm³/mol. The lowest BCUT2D eigenvalue weighted by atomic mass is 9.49. The Morgan fingerprint density at radius 3 is 2.11 bits per heavy atom. The molecule has 0 aliphatic heterocycles. The van der Waals surface area contributed by atoms with E-state index < -0.39 is 0 Å². The molecule has 0 N–H and O–H groups in total. The molecule has 2 heterocycles. The molecule has 0 amide bonds. The van der Waals surface area contributed by atoms with Crippen molar-refractivity contribution in [2.24, 2.45) is 17.8 Å². The first-order valence-corrected chi connectivity index (χ1v) is 11.5. The highest BCUT2D eigenvalue weighted by Crippen LogP contribution is 2.60. The number of nitrogens with zero attached hydrogens (tertiary/aromatic N) is 4. The maximum Gasteiger partial charge on any atom is 0.235 e. The predicted octanol–water partition coefficient (Wildman–Crippen LogP) is 5.62. The van der Waals surface area contributed by atoms with Gasteiger partial charge in [0.15, 0.2) is 5.82 Å². The van der Waals surface area contributed by atoms with Gasteiger partial charge in [0.25, 0.3) is 0 Å². The molecule has 1 aromatic carbocycles. The van der Waals surface area contributed by atoms with Crippen molar-refractivity contribution in [1.29, 1.82) is 0 Å². The molecule has 4 aliphatic rings. The summed E-state index contributed by atoms with van der Waals surface area (Å²) in [6.07, 6.45) is 8.24. The average molecular weight is 393 g/mol. The molecular formula is C23H28N4S. The first kappa shape index (κ1) is 17.1. The van der Waals surface area contributed by atoms with Gasteiger partial charge in [-0.05, 0) is 67.3 Å². The van der Waals surface area contributed by atoms with Crippen LogP contribution >= 0.6 is 11.3 Å². The first-order chi connectivity index (χ1) is 13.4. The molecule has 3 aromatic rings. The monoisotopic (exact) mass is 392 g/mol. The number of rotatable bonds is 2. The number of benzene rings is 1. The number of aromatic nitrogens is 4. The molecule has 4 bridgehead atoms. The van der Waals surface area contributed by atoms with E-state index in [-0.39, 0.29) is 10.8 Å². The van der Waals surface area contributed by atoms with Crippen molar-refractivity contribution in [3.8, 4) is 10.6 Å². The van der Waals surface area contributed by atoms with E-state index in [4.69, 9.17) is 5.10 Å². The summed E-state index contributed by atoms with van der Waals surface area (Å²) in [7, 11) is 0. The Morgan fingerprint density at radius 1 is 0.929 bits per heavy atom. The first-order valence-electron chi connectivity index (χ1n) is 10.7. The van der Waals surface area contributed by atoms with E-state index in [1.807, 2.05) is 0 Å². The SMILES string of the molecule is CC(C)(C)c1ccc(-c2nn3c(C45CC6CC(CC(C6)C4)C5)nnc3s2)cc1. The zero-order valence-electron chi connectivity index (χ0n) is 17.0. The smallest absolute Gasteiger partial charge is 0.186 e. The highest BCUT2D eigenvalue weighted by Gasteiger charge is 2.54. The number of hydrogen-bond donors (Lipinski definition) is 0. The van der Waals surface area contributed by atoms with Crippen molar-refractivity contribution in [1.82, 2.24) is 19.8 Å². The van der Waals surface area contributed by atoms with Crippen molar-refractivity contribution in [3.63, 3.8) is 0 Å². The standard InChI is InChI=1S/C23H28N4S/c1-22(2,3)18-6-4-17(5-7-18)19-26-27-20(24-25-21(27)28-19)23-11-14-8-15(12-23)10-16(9-14)13-23/h4-7,14-16H,8-13H2,1-3H3. The molecule has 4 saturated carbocycles. The normalized spacial score (nSPS) is 31.8. The summed E-state index contributed by atoms with van der Waals surface area (Å²) < 4.78 is 2.09. The van der Waals surface area contributed by atoms with E-state index >= 15 is 0 Å². The lowest BCUT2D eigenvalue weighted by Gasteiger charge is -2.55. The van der Waals surface area contributed by atoms with E-state index in [2.05, 4.69) is 59.7 Å². The molecule has 0 spiro atoms. The summed E-state index contributed by atoms with van der Waals surface area (Å²) in [5.41, 5.74) is 2.94. The van der Waals surface area contributed by atoms with Crippen molar-refractivity contribution < 1.29 is 0 Å². The lowest BCUT2D eigenvalue weighted by molar-refractivity contribution is -0.0103. The van der Waals surface area contributed by atoms with Crippen LogP contribution in [-0.4, -0.2) is 19.8 Å². The Morgan fingerprint density at radius 2 is 1.54 bits per heavy atom. The minimum Gasteiger partial charge on any atom is -0.186 e. The second-order valence-corrected chi connectivity index (χ2v) is 11.6. The summed E-state index contributed by atoms with van der Waals surface area (Å²) in [5, 5.41) is 15.3. The molecule has 0 atom stereocenters. The van der Waals surface area contributed by atoms with Gasteiger partial charge in [-0.2, -0.15) is 9.61 Å². The maximum atomic E-state index is 5.00. The second kappa shape index (κ2) is 5.65. The van der Waals surface area contributed by atoms with Gasteiger partial charge in [-0.3, -0.25) is 0 Å². The Labute approximate surface area is 170 Å². The fourth-order valence-electron chi connectivity index (χ4n) is 6.56. The largest absolute Gasteiger partial charge is 0.235 e. The molecule has 4 aliphatic carbocycles. The zero-order chi connectivity index (χ0) is 19.1. The van der Waals surface area contributed by atoms with Gasteiger partial charge in [0.05, 0.1) is 0 Å². The molecule has 28 heavy (non-hydrogen) atoms. The fraction of sp³-hybridized carbons (Fsp3) is 0.609. The van der Waals surface area contributed by atoms with Crippen molar-refractivity contribution in [2.75, 3.05) is 0 Å². The highest BCUT2D eigenvalue weighted by atomic mass is 32.1. The summed E-state index contributed by atoms with van der Waals surface area (Å²) in [4.78, 5) is 0.945. The fourth-order valence-corrected chi connectivity index (χ4v) is 7.41. The molecular weight excluding hydrogens is 364 g/mol. The van der Waals surface area contributed by atoms with Crippen molar-refractivity contribution in [2.45, 2.75) is 70.1 Å². The molecule has 0 unspecified atom stereocenters. The third-order valence-electron chi connectivity index (χ3n) is 7.50. The topological polar surface area (TPSA) is 43.1 Å². The molecule has 2 aromatic heterocycles. The van der Waals surface area contributed by atoms with Gasteiger partial charge in [-0.25, -0.2) is 0 Å². The zero-order valence-corrected chi connectivity index (χ0v) is 17.8. The molecule has 0 saturated heterocycles. The minimum atomic E-state index is 0.172. The van der Waals surface area contributed by atoms with Crippen LogP contribution in [0.15, 0.2) is 24.3 Å². The molecule has 0 radical (unpaired) electrons. The Hall–Kier alpha value is -1.75. The highest BCUT2D eigenvalue weighted by molar-refractivity contribution is 7.19. The van der Waals surface area contributed by atoms with Gasteiger partial charge in [-0.1, -0.05) is 56.4 Å². The maximum absolute atomic E-state index is 5.00. The van der Waals surface area contributed by atoms with Gasteiger partial charge >= 0.3 is 0 Å². The van der Waals surface area contributed by atoms with Crippen LogP contribution in [0, 0.1) is 17.8 Å². The lowest BCUT2D eigenvalue weighted by Crippen LogP contribution is -2.49. The summed E-state index contributed by atoms with van der Waals surface area (Å²) in [6, 6.07) is 8.88. The van der Waals surface area contributed by atoms with E-state index in [9.17, 15) is 0 Å². The van der Waals surface area contributed by atoms with Gasteiger partial charge in [0.1, 0.15) is 5.01 Å². The van der Waals surface area contributed by atoms with Gasteiger partial charge < -0.3 is 0 Å². The van der Waals surface area contributed by atoms with Crippen LogP contribution in [0.1, 0.15) is 70.7 Å². The quantitative estimate of drug-likeness (QED) is 0.568. The van der Waals surface area contributed by atoms with Crippen LogP contribution in [-0.2, 0) is 10.8 Å². The van der Waals surface area contributed by atoms with E-state index in [1.165, 1.54) is 49.7 Å². The number of hydrogen-bond acceptors (Lipinski definition) is 4. The molecule has 5 heteroatoms. The van der Waals surface area contributed by atoms with Crippen LogP contribution in [0.2, 0.25) is 0 Å². The molecule has 7 rings (SSSR count). The minimum absolute atomic E-state index is 0.172. The van der Waals surface area contributed by atoms with Crippen LogP contribution in [0.4, 0.5) is 0 Å². The van der Waals surface area contributed by atoms with Crippen LogP contribution in [0.5, 0.6) is 0 Å². The van der Waals surface area contributed by atoms with E-state index in [0.717, 1.165) is 33.5 Å². The molecule has 4 fully saturated rings. The van der Waals surface area contributed by atoms with E-state index in [0.29, 0.717) is 0 Å². The Bertz CT molecular complexity index is 1000. The van der Waals surface area contributed by atoms with Crippen LogP contribution in [0.25, 0.3) is 15.5 Å². The summed E-state index contributed by atoms with van der Waals surface area (Å²) >= 11 is 1.67. The molecule has 4 nitrogen and oxygen atoms in total. The van der Waals surface area contributed by atoms with Crippen molar-refractivity contribution >= 4 is 16.3 Å². The van der Waals surface area contributed by atoms with Crippen LogP contribution < -0.4 is 0 Å². The summed E-state index contributed by atoms with van der Waals surface area (Å²) in [6.45, 7) is 6.76. The van der Waals surface area contributed by atoms with Crippen LogP contribution in [0.3, 0.4) is 0 Å². The molecule has 146 valence electrons. The van der Waals surface area contributed by atoms with Gasteiger partial charge in [-0.15, -0.1) is 10.2 Å². The van der Waals surface area contributed by atoms with Gasteiger partial charge in [0, 0.05) is 11.0 Å². The Balaban J connectivity index is 1.39. The van der Waals surface area contributed by atoms with Gasteiger partial charge in [0.2, 0.25) is 4.96 Å². The van der Waals surface area contributed by atoms with Crippen molar-refractivity contribution in [3.05, 3.63) is 35.7 Å². The number of fused-ring (bicyclic) bond motifs is 1. The second-order valence-electron chi connectivity index (χ2n) is 10.7. The third kappa shape index (κ3) is 2.51. The Kier molecular flexibility index (Phi) is 3.46. The summed E-state index contributed by atoms with van der Waals surface area (Å²) in [5.74, 6) is 3.86.